The van der Waals surface area contributed by atoms with E-state index >= 15 is 4.39 Å². The summed E-state index contributed by atoms with van der Waals surface area (Å²) in [5.74, 6) is -3.63. The van der Waals surface area contributed by atoms with Crippen molar-refractivity contribution >= 4 is 30.0 Å². The van der Waals surface area contributed by atoms with Gasteiger partial charge in [0.05, 0.1) is 35.7 Å². The zero-order chi connectivity index (χ0) is 28.9. The van der Waals surface area contributed by atoms with Gasteiger partial charge in [0.25, 0.3) is 5.69 Å². The monoisotopic (exact) mass is 575 g/mol. The van der Waals surface area contributed by atoms with Crippen LogP contribution in [0.4, 0.5) is 10.1 Å². The summed E-state index contributed by atoms with van der Waals surface area (Å²) in [6.45, 7) is 8.49. The number of non-ortho nitro benzene ring substituents is 1. The fourth-order valence-corrected chi connectivity index (χ4v) is 4.89. The van der Waals surface area contributed by atoms with Crippen LogP contribution in [0.15, 0.2) is 71.1 Å². The lowest BCUT2D eigenvalue weighted by Gasteiger charge is -2.32. The van der Waals surface area contributed by atoms with Crippen molar-refractivity contribution in [3.8, 4) is 0 Å². The van der Waals surface area contributed by atoms with Crippen molar-refractivity contribution in [1.82, 2.24) is 10.2 Å². The standard InChI is InChI=1S/C29H34FN3O6.ClH/c1-18-24(27(34)38-6)26(22-14-21(33(36)37)12-13-23(22)30)25(19(2)31-18)28(35)39-17-29(3,4)16-32(5)15-20-10-8-7-9-11-20;/h7-14,26,31H,15-17H2,1-6H3;1H. The number of hydrogen-bond donors (Lipinski definition) is 1. The van der Waals surface area contributed by atoms with Crippen LogP contribution in [0.25, 0.3) is 0 Å². The van der Waals surface area contributed by atoms with Gasteiger partial charge >= 0.3 is 11.9 Å². The number of halogens is 2. The Morgan fingerprint density at radius 1 is 1.07 bits per heavy atom. The fourth-order valence-electron chi connectivity index (χ4n) is 4.89. The zero-order valence-corrected chi connectivity index (χ0v) is 24.3. The van der Waals surface area contributed by atoms with Gasteiger partial charge in [-0.05, 0) is 32.5 Å². The summed E-state index contributed by atoms with van der Waals surface area (Å²) in [6, 6.07) is 13.0. The molecule has 3 rings (SSSR count). The van der Waals surface area contributed by atoms with Crippen molar-refractivity contribution in [3.05, 3.63) is 98.1 Å². The molecular formula is C29H35ClFN3O6. The third-order valence-electron chi connectivity index (χ3n) is 6.47. The van der Waals surface area contributed by atoms with Gasteiger partial charge < -0.3 is 19.7 Å². The third kappa shape index (κ3) is 7.67. The maximum atomic E-state index is 15.1. The quantitative estimate of drug-likeness (QED) is 0.232. The topological polar surface area (TPSA) is 111 Å². The lowest BCUT2D eigenvalue weighted by molar-refractivity contribution is -0.385. The largest absolute Gasteiger partial charge is 0.466 e. The molecule has 1 unspecified atom stereocenters. The maximum absolute atomic E-state index is 15.1. The second-order valence-corrected chi connectivity index (χ2v) is 10.5. The molecule has 1 atom stereocenters. The number of nitro benzene ring substituents is 1. The Kier molecular flexibility index (Phi) is 11.0. The highest BCUT2D eigenvalue weighted by molar-refractivity contribution is 6.00. The fraction of sp³-hybridized carbons (Fsp3) is 0.379. The summed E-state index contributed by atoms with van der Waals surface area (Å²) in [5, 5.41) is 14.4. The number of nitrogens with one attached hydrogen (secondary N) is 1. The van der Waals surface area contributed by atoms with Crippen LogP contribution in [0.2, 0.25) is 0 Å². The van der Waals surface area contributed by atoms with E-state index < -0.39 is 34.0 Å². The van der Waals surface area contributed by atoms with Crippen molar-refractivity contribution in [2.75, 3.05) is 27.3 Å². The lowest BCUT2D eigenvalue weighted by Crippen LogP contribution is -2.37. The average molecular weight is 576 g/mol. The molecule has 0 amide bonds. The van der Waals surface area contributed by atoms with Crippen LogP contribution in [0.5, 0.6) is 0 Å². The highest BCUT2D eigenvalue weighted by Crippen LogP contribution is 2.41. The first kappa shape index (κ1) is 32.5. The normalized spacial score (nSPS) is 15.3. The molecule has 0 radical (unpaired) electrons. The smallest absolute Gasteiger partial charge is 0.336 e. The van der Waals surface area contributed by atoms with E-state index in [1.807, 2.05) is 51.2 Å². The Labute approximate surface area is 239 Å². The molecule has 0 fully saturated rings. The van der Waals surface area contributed by atoms with E-state index in [1.165, 1.54) is 7.11 Å². The average Bonchev–Trinajstić information content (AvgIpc) is 2.87. The molecule has 0 bridgehead atoms. The number of carbonyl (C=O) groups excluding carboxylic acids is 2. The summed E-state index contributed by atoms with van der Waals surface area (Å²) in [7, 11) is 3.15. The molecule has 0 spiro atoms. The molecule has 216 valence electrons. The minimum absolute atomic E-state index is 0. The second kappa shape index (κ2) is 13.5. The van der Waals surface area contributed by atoms with Crippen LogP contribution in [-0.4, -0.2) is 49.1 Å². The molecule has 2 aromatic carbocycles. The Morgan fingerprint density at radius 3 is 2.25 bits per heavy atom. The number of allylic oxidation sites excluding steroid dienone is 2. The Balaban J connectivity index is 0.00000560. The van der Waals surface area contributed by atoms with Gasteiger partial charge in [0, 0.05) is 47.6 Å². The summed E-state index contributed by atoms with van der Waals surface area (Å²) in [4.78, 5) is 39.2. The van der Waals surface area contributed by atoms with Crippen molar-refractivity contribution < 1.29 is 28.4 Å². The molecule has 0 aliphatic carbocycles. The zero-order valence-electron chi connectivity index (χ0n) is 23.4. The molecule has 0 saturated heterocycles. The number of carbonyl (C=O) groups is 2. The summed E-state index contributed by atoms with van der Waals surface area (Å²) in [6.07, 6.45) is 0. The van der Waals surface area contributed by atoms with Crippen molar-refractivity contribution in [1.29, 1.82) is 0 Å². The van der Waals surface area contributed by atoms with E-state index in [0.717, 1.165) is 23.8 Å². The highest BCUT2D eigenvalue weighted by Gasteiger charge is 2.40. The van der Waals surface area contributed by atoms with Crippen LogP contribution in [0, 0.1) is 21.3 Å². The van der Waals surface area contributed by atoms with Gasteiger partial charge in [-0.15, -0.1) is 12.4 Å². The van der Waals surface area contributed by atoms with E-state index in [4.69, 9.17) is 9.47 Å². The Morgan fingerprint density at radius 2 is 1.68 bits per heavy atom. The number of hydrogen-bond acceptors (Lipinski definition) is 8. The van der Waals surface area contributed by atoms with Crippen LogP contribution in [0.1, 0.15) is 44.7 Å². The van der Waals surface area contributed by atoms with Gasteiger partial charge in [-0.3, -0.25) is 10.1 Å². The number of rotatable bonds is 10. The number of benzene rings is 2. The molecule has 11 heteroatoms. The molecule has 1 heterocycles. The van der Waals surface area contributed by atoms with Gasteiger partial charge in [-0.2, -0.15) is 0 Å². The summed E-state index contributed by atoms with van der Waals surface area (Å²) >= 11 is 0. The molecule has 0 aromatic heterocycles. The summed E-state index contributed by atoms with van der Waals surface area (Å²) < 4.78 is 25.8. The maximum Gasteiger partial charge on any atom is 0.336 e. The molecule has 0 saturated carbocycles. The summed E-state index contributed by atoms with van der Waals surface area (Å²) in [5.41, 5.74) is 0.776. The molecule has 1 aliphatic rings. The van der Waals surface area contributed by atoms with Crippen LogP contribution >= 0.6 is 12.4 Å². The molecule has 1 N–H and O–H groups in total. The first-order chi connectivity index (χ1) is 18.3. The minimum Gasteiger partial charge on any atom is -0.466 e. The number of dihydropyridines is 1. The van der Waals surface area contributed by atoms with Gasteiger partial charge in [0.1, 0.15) is 5.82 Å². The number of ether oxygens (including phenoxy) is 2. The second-order valence-electron chi connectivity index (χ2n) is 10.5. The van der Waals surface area contributed by atoms with E-state index in [-0.39, 0.29) is 41.4 Å². The van der Waals surface area contributed by atoms with E-state index in [1.54, 1.807) is 13.8 Å². The van der Waals surface area contributed by atoms with Crippen molar-refractivity contribution in [2.45, 2.75) is 40.2 Å². The molecular weight excluding hydrogens is 541 g/mol. The highest BCUT2D eigenvalue weighted by atomic mass is 35.5. The van der Waals surface area contributed by atoms with Crippen LogP contribution in [-0.2, 0) is 25.6 Å². The predicted molar refractivity (Wildman–Crippen MR) is 151 cm³/mol. The predicted octanol–water partition coefficient (Wildman–Crippen LogP) is 5.26. The van der Waals surface area contributed by atoms with Crippen LogP contribution in [0.3, 0.4) is 0 Å². The molecule has 9 nitrogen and oxygen atoms in total. The SMILES string of the molecule is COC(=O)C1=C(C)NC(C)=C(C(=O)OCC(C)(C)CN(C)Cc2ccccc2)C1c1cc([N+](=O)[O-])ccc1F.Cl. The van der Waals surface area contributed by atoms with Crippen molar-refractivity contribution in [3.63, 3.8) is 0 Å². The lowest BCUT2D eigenvalue weighted by atomic mass is 9.80. The number of methoxy groups -OCH3 is 1. The van der Waals surface area contributed by atoms with Gasteiger partial charge in [-0.25, -0.2) is 14.0 Å². The van der Waals surface area contributed by atoms with Crippen molar-refractivity contribution in [2.24, 2.45) is 5.41 Å². The van der Waals surface area contributed by atoms with Gasteiger partial charge in [0.15, 0.2) is 0 Å². The van der Waals surface area contributed by atoms with Gasteiger partial charge in [-0.1, -0.05) is 44.2 Å². The Bertz CT molecular complexity index is 1330. The molecule has 1 aliphatic heterocycles. The molecule has 40 heavy (non-hydrogen) atoms. The van der Waals surface area contributed by atoms with E-state index in [9.17, 15) is 19.7 Å². The molecule has 2 aromatic rings. The number of nitrogens with zero attached hydrogens (tertiary/aromatic N) is 2. The first-order valence-electron chi connectivity index (χ1n) is 12.4. The number of nitro groups is 1. The van der Waals surface area contributed by atoms with E-state index in [2.05, 4.69) is 10.2 Å². The van der Waals surface area contributed by atoms with Gasteiger partial charge in [0.2, 0.25) is 0 Å². The number of esters is 2. The van der Waals surface area contributed by atoms with Crippen LogP contribution < -0.4 is 5.32 Å². The third-order valence-corrected chi connectivity index (χ3v) is 6.47. The Hall–Kier alpha value is -3.76. The minimum atomic E-state index is -1.27. The first-order valence-corrected chi connectivity index (χ1v) is 12.4. The van der Waals surface area contributed by atoms with E-state index in [0.29, 0.717) is 24.5 Å².